The molecule has 0 fully saturated rings. The fraction of sp³-hybridized carbons (Fsp3) is 0.308. The number of benzene rings is 2. The van der Waals surface area contributed by atoms with Crippen LogP contribution < -0.4 is 0 Å². The SMILES string of the molecule is CCCCOC(=O)c1ccc(N=Cc2cc(C)n(-c3ccc(CC)cc3)c2C)cc1. The molecule has 0 N–H and O–H groups in total. The molecule has 1 heterocycles. The Balaban J connectivity index is 1.74. The van der Waals surface area contributed by atoms with Crippen LogP contribution in [0, 0.1) is 13.8 Å². The summed E-state index contributed by atoms with van der Waals surface area (Å²) in [5.41, 5.74) is 7.25. The van der Waals surface area contributed by atoms with E-state index in [1.54, 1.807) is 12.1 Å². The summed E-state index contributed by atoms with van der Waals surface area (Å²) in [6, 6.07) is 18.0. The van der Waals surface area contributed by atoms with Crippen molar-refractivity contribution in [2.75, 3.05) is 6.61 Å². The highest BCUT2D eigenvalue weighted by molar-refractivity contribution is 5.90. The van der Waals surface area contributed by atoms with Gasteiger partial charge in [-0.05, 0) is 74.7 Å². The van der Waals surface area contributed by atoms with Gasteiger partial charge >= 0.3 is 5.97 Å². The zero-order chi connectivity index (χ0) is 21.5. The van der Waals surface area contributed by atoms with Gasteiger partial charge in [0.2, 0.25) is 0 Å². The van der Waals surface area contributed by atoms with Crippen molar-refractivity contribution in [3.63, 3.8) is 0 Å². The van der Waals surface area contributed by atoms with E-state index in [1.165, 1.54) is 11.3 Å². The van der Waals surface area contributed by atoms with Crippen LogP contribution in [0.2, 0.25) is 0 Å². The Kier molecular flexibility index (Phi) is 7.23. The third kappa shape index (κ3) is 5.07. The molecule has 0 amide bonds. The molecule has 156 valence electrons. The molecule has 4 nitrogen and oxygen atoms in total. The molecule has 2 aromatic carbocycles. The van der Waals surface area contributed by atoms with Crippen LogP contribution >= 0.6 is 0 Å². The first-order valence-corrected chi connectivity index (χ1v) is 10.6. The van der Waals surface area contributed by atoms with Gasteiger partial charge in [-0.25, -0.2) is 4.79 Å². The maximum atomic E-state index is 12.0. The third-order valence-corrected chi connectivity index (χ3v) is 5.26. The van der Waals surface area contributed by atoms with Crippen LogP contribution in [-0.4, -0.2) is 23.4 Å². The van der Waals surface area contributed by atoms with Gasteiger partial charge in [0.05, 0.1) is 17.9 Å². The van der Waals surface area contributed by atoms with E-state index in [0.29, 0.717) is 12.2 Å². The van der Waals surface area contributed by atoms with E-state index < -0.39 is 0 Å². The molecule has 4 heteroatoms. The Bertz CT molecular complexity index is 1010. The minimum absolute atomic E-state index is 0.281. The van der Waals surface area contributed by atoms with E-state index in [0.717, 1.165) is 41.9 Å². The average molecular weight is 403 g/mol. The van der Waals surface area contributed by atoms with E-state index in [4.69, 9.17) is 4.74 Å². The first-order chi connectivity index (χ1) is 14.5. The maximum absolute atomic E-state index is 12.0. The fourth-order valence-corrected chi connectivity index (χ4v) is 3.42. The third-order valence-electron chi connectivity index (χ3n) is 5.26. The predicted molar refractivity (Wildman–Crippen MR) is 124 cm³/mol. The second kappa shape index (κ2) is 10.1. The molecule has 30 heavy (non-hydrogen) atoms. The number of esters is 1. The number of ether oxygens (including phenoxy) is 1. The minimum Gasteiger partial charge on any atom is -0.462 e. The molecule has 0 saturated heterocycles. The number of carbonyl (C=O) groups is 1. The van der Waals surface area contributed by atoms with Gasteiger partial charge in [0.1, 0.15) is 0 Å². The molecule has 0 aliphatic rings. The van der Waals surface area contributed by atoms with Crippen molar-refractivity contribution in [1.82, 2.24) is 4.57 Å². The van der Waals surface area contributed by atoms with Crippen molar-refractivity contribution in [1.29, 1.82) is 0 Å². The number of aryl methyl sites for hydroxylation is 2. The molecule has 3 aromatic rings. The molecular formula is C26H30N2O2. The summed E-state index contributed by atoms with van der Waals surface area (Å²) >= 11 is 0. The van der Waals surface area contributed by atoms with E-state index in [9.17, 15) is 4.79 Å². The quantitative estimate of drug-likeness (QED) is 0.250. The van der Waals surface area contributed by atoms with Gasteiger partial charge in [0.25, 0.3) is 0 Å². The van der Waals surface area contributed by atoms with Crippen LogP contribution in [0.15, 0.2) is 59.6 Å². The summed E-state index contributed by atoms with van der Waals surface area (Å²) in [5, 5.41) is 0. The lowest BCUT2D eigenvalue weighted by Gasteiger charge is -2.10. The van der Waals surface area contributed by atoms with Gasteiger partial charge in [0.15, 0.2) is 0 Å². The number of hydrogen-bond acceptors (Lipinski definition) is 3. The lowest BCUT2D eigenvalue weighted by Crippen LogP contribution is -2.05. The Morgan fingerprint density at radius 2 is 1.73 bits per heavy atom. The Hall–Kier alpha value is -3.14. The van der Waals surface area contributed by atoms with E-state index in [1.807, 2.05) is 18.3 Å². The number of hydrogen-bond donors (Lipinski definition) is 0. The van der Waals surface area contributed by atoms with Crippen molar-refractivity contribution in [2.24, 2.45) is 4.99 Å². The summed E-state index contributed by atoms with van der Waals surface area (Å²) in [6.07, 6.45) is 4.81. The molecule has 1 aromatic heterocycles. The topological polar surface area (TPSA) is 43.6 Å². The van der Waals surface area contributed by atoms with Crippen LogP contribution in [0.1, 0.15) is 59.6 Å². The van der Waals surface area contributed by atoms with E-state index >= 15 is 0 Å². The zero-order valence-electron chi connectivity index (χ0n) is 18.3. The summed E-state index contributed by atoms with van der Waals surface area (Å²) in [7, 11) is 0. The second-order valence-corrected chi connectivity index (χ2v) is 7.48. The number of nitrogens with zero attached hydrogens (tertiary/aromatic N) is 2. The van der Waals surface area contributed by atoms with Gasteiger partial charge in [-0.15, -0.1) is 0 Å². The smallest absolute Gasteiger partial charge is 0.338 e. The highest BCUT2D eigenvalue weighted by atomic mass is 16.5. The molecule has 0 radical (unpaired) electrons. The molecule has 0 atom stereocenters. The van der Waals surface area contributed by atoms with Gasteiger partial charge in [-0.2, -0.15) is 0 Å². The Labute approximate surface area is 179 Å². The summed E-state index contributed by atoms with van der Waals surface area (Å²) in [6.45, 7) is 8.91. The summed E-state index contributed by atoms with van der Waals surface area (Å²) in [5.74, 6) is -0.281. The second-order valence-electron chi connectivity index (χ2n) is 7.48. The van der Waals surface area contributed by atoms with Gasteiger partial charge in [0, 0.05) is 28.9 Å². The van der Waals surface area contributed by atoms with Crippen molar-refractivity contribution in [2.45, 2.75) is 47.0 Å². The standard InChI is InChI=1S/C26H30N2O2/c1-5-7-16-30-26(29)22-10-12-24(13-11-22)27-18-23-17-19(3)28(20(23)4)25-14-8-21(6-2)9-15-25/h8-15,17-18H,5-7,16H2,1-4H3. The highest BCUT2D eigenvalue weighted by Crippen LogP contribution is 2.21. The number of carbonyl (C=O) groups excluding carboxylic acids is 1. The lowest BCUT2D eigenvalue weighted by atomic mass is 10.1. The average Bonchev–Trinajstić information content (AvgIpc) is 3.05. The predicted octanol–water partition coefficient (Wildman–Crippen LogP) is 6.36. The molecule has 3 rings (SSSR count). The maximum Gasteiger partial charge on any atom is 0.338 e. The zero-order valence-corrected chi connectivity index (χ0v) is 18.3. The minimum atomic E-state index is -0.281. The Morgan fingerprint density at radius 1 is 1.03 bits per heavy atom. The van der Waals surface area contributed by atoms with Crippen molar-refractivity contribution < 1.29 is 9.53 Å². The van der Waals surface area contributed by atoms with Crippen LogP contribution in [0.5, 0.6) is 0 Å². The van der Waals surface area contributed by atoms with Crippen molar-refractivity contribution >= 4 is 17.9 Å². The monoisotopic (exact) mass is 402 g/mol. The van der Waals surface area contributed by atoms with Crippen LogP contribution in [0.3, 0.4) is 0 Å². The molecular weight excluding hydrogens is 372 g/mol. The normalized spacial score (nSPS) is 11.2. The van der Waals surface area contributed by atoms with Gasteiger partial charge < -0.3 is 9.30 Å². The highest BCUT2D eigenvalue weighted by Gasteiger charge is 2.10. The first kappa shape index (κ1) is 21.6. The van der Waals surface area contributed by atoms with Crippen molar-refractivity contribution in [3.05, 3.63) is 82.7 Å². The number of unbranched alkanes of at least 4 members (excludes halogenated alkanes) is 1. The summed E-state index contributed by atoms with van der Waals surface area (Å²) in [4.78, 5) is 16.6. The van der Waals surface area contributed by atoms with E-state index in [-0.39, 0.29) is 5.97 Å². The lowest BCUT2D eigenvalue weighted by molar-refractivity contribution is 0.0500. The molecule has 0 saturated carbocycles. The van der Waals surface area contributed by atoms with Gasteiger partial charge in [-0.3, -0.25) is 4.99 Å². The summed E-state index contributed by atoms with van der Waals surface area (Å²) < 4.78 is 7.49. The van der Waals surface area contributed by atoms with Crippen LogP contribution in [-0.2, 0) is 11.2 Å². The van der Waals surface area contributed by atoms with E-state index in [2.05, 4.69) is 67.6 Å². The number of aliphatic imine (C=N–C) groups is 1. The number of aromatic nitrogens is 1. The van der Waals surface area contributed by atoms with Crippen LogP contribution in [0.4, 0.5) is 5.69 Å². The number of rotatable bonds is 8. The molecule has 0 bridgehead atoms. The van der Waals surface area contributed by atoms with Crippen LogP contribution in [0.25, 0.3) is 5.69 Å². The van der Waals surface area contributed by atoms with Crippen molar-refractivity contribution in [3.8, 4) is 5.69 Å². The molecule has 0 unspecified atom stereocenters. The van der Waals surface area contributed by atoms with Gasteiger partial charge in [-0.1, -0.05) is 32.4 Å². The Morgan fingerprint density at radius 3 is 2.37 bits per heavy atom. The molecule has 0 aliphatic heterocycles. The fourth-order valence-electron chi connectivity index (χ4n) is 3.42. The molecule has 0 aliphatic carbocycles. The first-order valence-electron chi connectivity index (χ1n) is 10.6. The largest absolute Gasteiger partial charge is 0.462 e. The molecule has 0 spiro atoms.